The first-order valence-corrected chi connectivity index (χ1v) is 3.54. The van der Waals surface area contributed by atoms with E-state index in [-0.39, 0.29) is 6.54 Å². The first-order chi connectivity index (χ1) is 5.25. The lowest BCUT2D eigenvalue weighted by Gasteiger charge is -2.09. The molecule has 1 heterocycles. The minimum Gasteiger partial charge on any atom is -0.387 e. The molecule has 0 unspecified atom stereocenters. The van der Waals surface area contributed by atoms with Gasteiger partial charge in [0.2, 0.25) is 0 Å². The van der Waals surface area contributed by atoms with Gasteiger partial charge in [0.25, 0.3) is 0 Å². The summed E-state index contributed by atoms with van der Waals surface area (Å²) in [6.45, 7) is 2.17. The molecule has 1 aromatic heterocycles. The molecule has 1 aromatic rings. The molecule has 3 N–H and O–H groups in total. The lowest BCUT2D eigenvalue weighted by molar-refractivity contribution is 0.185. The SMILES string of the molecule is Cc1ccncc1[C@H](O)CN. The molecule has 0 aromatic carbocycles. The third-order valence-corrected chi connectivity index (χ3v) is 1.66. The lowest BCUT2D eigenvalue weighted by Crippen LogP contribution is -2.12. The van der Waals surface area contributed by atoms with Gasteiger partial charge in [-0.1, -0.05) is 0 Å². The van der Waals surface area contributed by atoms with Gasteiger partial charge in [0.15, 0.2) is 0 Å². The van der Waals surface area contributed by atoms with Crippen LogP contribution >= 0.6 is 0 Å². The highest BCUT2D eigenvalue weighted by Gasteiger charge is 2.06. The molecule has 1 atom stereocenters. The minimum atomic E-state index is -0.580. The monoisotopic (exact) mass is 152 g/mol. The van der Waals surface area contributed by atoms with Crippen LogP contribution in [-0.4, -0.2) is 16.6 Å². The topological polar surface area (TPSA) is 59.1 Å². The van der Waals surface area contributed by atoms with E-state index in [0.717, 1.165) is 11.1 Å². The van der Waals surface area contributed by atoms with Gasteiger partial charge in [-0.2, -0.15) is 0 Å². The number of nitrogens with zero attached hydrogens (tertiary/aromatic N) is 1. The molecule has 0 aliphatic heterocycles. The summed E-state index contributed by atoms with van der Waals surface area (Å²) in [6.07, 6.45) is 2.76. The van der Waals surface area contributed by atoms with E-state index in [2.05, 4.69) is 4.98 Å². The molecular weight excluding hydrogens is 140 g/mol. The molecule has 0 aliphatic carbocycles. The zero-order valence-corrected chi connectivity index (χ0v) is 6.49. The van der Waals surface area contributed by atoms with Crippen molar-refractivity contribution in [2.24, 2.45) is 5.73 Å². The highest BCUT2D eigenvalue weighted by atomic mass is 16.3. The van der Waals surface area contributed by atoms with Crippen LogP contribution < -0.4 is 5.73 Å². The summed E-state index contributed by atoms with van der Waals surface area (Å²) < 4.78 is 0. The second-order valence-corrected chi connectivity index (χ2v) is 2.48. The molecule has 0 bridgehead atoms. The lowest BCUT2D eigenvalue weighted by atomic mass is 10.1. The van der Waals surface area contributed by atoms with Crippen LogP contribution in [0.2, 0.25) is 0 Å². The van der Waals surface area contributed by atoms with Crippen molar-refractivity contribution < 1.29 is 5.11 Å². The molecule has 1 rings (SSSR count). The Kier molecular flexibility index (Phi) is 2.57. The minimum absolute atomic E-state index is 0.243. The number of aryl methyl sites for hydroxylation is 1. The van der Waals surface area contributed by atoms with E-state index in [1.54, 1.807) is 12.4 Å². The van der Waals surface area contributed by atoms with Crippen LogP contribution in [0.3, 0.4) is 0 Å². The summed E-state index contributed by atoms with van der Waals surface area (Å²) >= 11 is 0. The van der Waals surface area contributed by atoms with Crippen molar-refractivity contribution in [2.75, 3.05) is 6.54 Å². The van der Waals surface area contributed by atoms with Crippen LogP contribution in [0, 0.1) is 6.92 Å². The van der Waals surface area contributed by atoms with E-state index < -0.39 is 6.10 Å². The number of pyridine rings is 1. The van der Waals surface area contributed by atoms with Crippen LogP contribution in [-0.2, 0) is 0 Å². The molecule has 0 amide bonds. The van der Waals surface area contributed by atoms with Crippen LogP contribution in [0.5, 0.6) is 0 Å². The molecule has 11 heavy (non-hydrogen) atoms. The zero-order chi connectivity index (χ0) is 8.27. The van der Waals surface area contributed by atoms with Gasteiger partial charge in [0, 0.05) is 24.5 Å². The van der Waals surface area contributed by atoms with E-state index in [1.807, 2.05) is 13.0 Å². The highest BCUT2D eigenvalue weighted by molar-refractivity contribution is 5.23. The van der Waals surface area contributed by atoms with Crippen molar-refractivity contribution in [2.45, 2.75) is 13.0 Å². The number of aliphatic hydroxyl groups is 1. The summed E-state index contributed by atoms with van der Waals surface area (Å²) in [6, 6.07) is 1.86. The van der Waals surface area contributed by atoms with Gasteiger partial charge in [-0.3, -0.25) is 4.98 Å². The number of nitrogens with two attached hydrogens (primary N) is 1. The predicted molar refractivity (Wildman–Crippen MR) is 43.0 cm³/mol. The summed E-state index contributed by atoms with van der Waals surface area (Å²) in [5.74, 6) is 0. The van der Waals surface area contributed by atoms with E-state index >= 15 is 0 Å². The van der Waals surface area contributed by atoms with Gasteiger partial charge >= 0.3 is 0 Å². The van der Waals surface area contributed by atoms with Gasteiger partial charge in [0.1, 0.15) is 0 Å². The standard InChI is InChI=1S/C8H12N2O/c1-6-2-3-10-5-7(6)8(11)4-9/h2-3,5,8,11H,4,9H2,1H3/t8-/m1/s1. The van der Waals surface area contributed by atoms with Crippen LogP contribution in [0.25, 0.3) is 0 Å². The molecule has 0 aliphatic rings. The first kappa shape index (κ1) is 8.17. The maximum atomic E-state index is 9.35. The second-order valence-electron chi connectivity index (χ2n) is 2.48. The average molecular weight is 152 g/mol. The molecule has 0 spiro atoms. The Morgan fingerprint density at radius 1 is 1.73 bits per heavy atom. The third-order valence-electron chi connectivity index (χ3n) is 1.66. The second kappa shape index (κ2) is 3.46. The number of hydrogen-bond acceptors (Lipinski definition) is 3. The van der Waals surface area contributed by atoms with Gasteiger partial charge < -0.3 is 10.8 Å². The Hall–Kier alpha value is -0.930. The van der Waals surface area contributed by atoms with E-state index in [9.17, 15) is 5.11 Å². The van der Waals surface area contributed by atoms with E-state index in [1.165, 1.54) is 0 Å². The van der Waals surface area contributed by atoms with Gasteiger partial charge in [-0.15, -0.1) is 0 Å². The maximum absolute atomic E-state index is 9.35. The number of aromatic nitrogens is 1. The Morgan fingerprint density at radius 2 is 2.45 bits per heavy atom. The van der Waals surface area contributed by atoms with E-state index in [0.29, 0.717) is 0 Å². The average Bonchev–Trinajstić information content (AvgIpc) is 2.04. The molecule has 3 nitrogen and oxygen atoms in total. The summed E-state index contributed by atoms with van der Waals surface area (Å²) in [4.78, 5) is 3.90. The molecule has 0 radical (unpaired) electrons. The maximum Gasteiger partial charge on any atom is 0.0929 e. The van der Waals surface area contributed by atoms with Crippen LogP contribution in [0.15, 0.2) is 18.5 Å². The van der Waals surface area contributed by atoms with Crippen molar-refractivity contribution in [3.05, 3.63) is 29.6 Å². The molecular formula is C8H12N2O. The molecule has 0 saturated carbocycles. The summed E-state index contributed by atoms with van der Waals surface area (Å²) in [7, 11) is 0. The smallest absolute Gasteiger partial charge is 0.0929 e. The van der Waals surface area contributed by atoms with Crippen molar-refractivity contribution in [1.29, 1.82) is 0 Å². The molecule has 0 fully saturated rings. The fourth-order valence-electron chi connectivity index (χ4n) is 0.952. The quantitative estimate of drug-likeness (QED) is 0.644. The van der Waals surface area contributed by atoms with E-state index in [4.69, 9.17) is 5.73 Å². The van der Waals surface area contributed by atoms with Gasteiger partial charge in [0.05, 0.1) is 6.10 Å². The molecule has 60 valence electrons. The fraction of sp³-hybridized carbons (Fsp3) is 0.375. The number of aliphatic hydroxyl groups excluding tert-OH is 1. The Balaban J connectivity index is 2.93. The summed E-state index contributed by atoms with van der Waals surface area (Å²) in [5.41, 5.74) is 7.14. The molecule has 0 saturated heterocycles. The van der Waals surface area contributed by atoms with Crippen molar-refractivity contribution in [3.63, 3.8) is 0 Å². The number of rotatable bonds is 2. The van der Waals surface area contributed by atoms with Crippen molar-refractivity contribution >= 4 is 0 Å². The largest absolute Gasteiger partial charge is 0.387 e. The van der Waals surface area contributed by atoms with Crippen LogP contribution in [0.4, 0.5) is 0 Å². The fourth-order valence-corrected chi connectivity index (χ4v) is 0.952. The van der Waals surface area contributed by atoms with Crippen molar-refractivity contribution in [1.82, 2.24) is 4.98 Å². The number of hydrogen-bond donors (Lipinski definition) is 2. The molecule has 3 heteroatoms. The highest BCUT2D eigenvalue weighted by Crippen LogP contribution is 2.13. The van der Waals surface area contributed by atoms with Gasteiger partial charge in [-0.25, -0.2) is 0 Å². The Bertz CT molecular complexity index is 237. The van der Waals surface area contributed by atoms with Crippen molar-refractivity contribution in [3.8, 4) is 0 Å². The Morgan fingerprint density at radius 3 is 3.00 bits per heavy atom. The normalized spacial score (nSPS) is 13.0. The summed E-state index contributed by atoms with van der Waals surface area (Å²) in [5, 5.41) is 9.35. The predicted octanol–water partition coefficient (Wildman–Crippen LogP) is 0.382. The van der Waals surface area contributed by atoms with Gasteiger partial charge in [-0.05, 0) is 18.6 Å². The Labute approximate surface area is 65.9 Å². The first-order valence-electron chi connectivity index (χ1n) is 3.54. The zero-order valence-electron chi connectivity index (χ0n) is 6.49. The van der Waals surface area contributed by atoms with Crippen LogP contribution in [0.1, 0.15) is 17.2 Å². The third kappa shape index (κ3) is 1.76.